The van der Waals surface area contributed by atoms with Crippen molar-refractivity contribution in [2.45, 2.75) is 75.5 Å². The number of nitrogens with two attached hydrogens (primary N) is 1. The highest BCUT2D eigenvalue weighted by Crippen LogP contribution is 2.34. The molecular formula is C28H36N4O3S. The molecule has 1 aromatic carbocycles. The predicted octanol–water partition coefficient (Wildman–Crippen LogP) is 3.20. The smallest absolute Gasteiger partial charge is 0.264 e. The number of nitrogens with zero attached hydrogens (tertiary/aromatic N) is 2. The van der Waals surface area contributed by atoms with Crippen molar-refractivity contribution in [3.8, 4) is 0 Å². The third-order valence-corrected chi connectivity index (χ3v) is 8.69. The Morgan fingerprint density at radius 1 is 1.00 bits per heavy atom. The van der Waals surface area contributed by atoms with Crippen LogP contribution < -0.4 is 11.1 Å². The summed E-state index contributed by atoms with van der Waals surface area (Å²) in [4.78, 5) is 44.6. The summed E-state index contributed by atoms with van der Waals surface area (Å²) in [5, 5.41) is 5.08. The van der Waals surface area contributed by atoms with Crippen LogP contribution in [0.2, 0.25) is 0 Å². The van der Waals surface area contributed by atoms with Crippen molar-refractivity contribution in [2.75, 3.05) is 13.1 Å². The maximum absolute atomic E-state index is 13.5. The number of hydrogen-bond donors (Lipinski definition) is 2. The molecule has 3 amide bonds. The molecule has 2 aliphatic carbocycles. The van der Waals surface area contributed by atoms with E-state index in [2.05, 4.69) is 17.4 Å². The Morgan fingerprint density at radius 3 is 2.42 bits per heavy atom. The highest BCUT2D eigenvalue weighted by Gasteiger charge is 2.45. The van der Waals surface area contributed by atoms with Crippen LogP contribution in [-0.2, 0) is 16.0 Å². The summed E-state index contributed by atoms with van der Waals surface area (Å²) in [5.74, 6) is 0.0216. The molecule has 3 N–H and O–H groups in total. The van der Waals surface area contributed by atoms with Crippen LogP contribution in [0.4, 0.5) is 0 Å². The Kier molecular flexibility index (Phi) is 7.72. The van der Waals surface area contributed by atoms with E-state index in [0.717, 1.165) is 44.9 Å². The third-order valence-electron chi connectivity index (χ3n) is 7.83. The van der Waals surface area contributed by atoms with Gasteiger partial charge in [-0.1, -0.05) is 36.4 Å². The van der Waals surface area contributed by atoms with E-state index in [4.69, 9.17) is 5.73 Å². The minimum atomic E-state index is -0.577. The van der Waals surface area contributed by atoms with E-state index in [0.29, 0.717) is 24.4 Å². The van der Waals surface area contributed by atoms with Gasteiger partial charge in [-0.3, -0.25) is 14.4 Å². The largest absolute Gasteiger partial charge is 0.352 e. The monoisotopic (exact) mass is 508 g/mol. The number of hydrogen-bond acceptors (Lipinski definition) is 5. The zero-order valence-electron chi connectivity index (χ0n) is 20.7. The van der Waals surface area contributed by atoms with E-state index in [1.54, 1.807) is 11.0 Å². The normalized spacial score (nSPS) is 26.0. The zero-order valence-corrected chi connectivity index (χ0v) is 21.5. The minimum absolute atomic E-state index is 0.0848. The molecule has 5 rings (SSSR count). The Morgan fingerprint density at radius 2 is 1.75 bits per heavy atom. The first-order valence-electron chi connectivity index (χ1n) is 13.2. The average molecular weight is 509 g/mol. The predicted molar refractivity (Wildman–Crippen MR) is 141 cm³/mol. The highest BCUT2D eigenvalue weighted by atomic mass is 32.1. The van der Waals surface area contributed by atoms with E-state index in [-0.39, 0.29) is 41.8 Å². The number of carbonyl (C=O) groups is 3. The first-order valence-corrected chi connectivity index (χ1v) is 14.1. The molecule has 2 heterocycles. The molecule has 36 heavy (non-hydrogen) atoms. The van der Waals surface area contributed by atoms with Gasteiger partial charge in [0.25, 0.3) is 5.91 Å². The molecule has 0 spiro atoms. The van der Waals surface area contributed by atoms with Crippen LogP contribution in [0, 0.1) is 5.92 Å². The number of nitrogens with one attached hydrogen (secondary N) is 1. The molecule has 2 saturated carbocycles. The molecular weight excluding hydrogens is 472 g/mol. The maximum Gasteiger partial charge on any atom is 0.264 e. The molecule has 2 unspecified atom stereocenters. The molecule has 7 nitrogen and oxygen atoms in total. The lowest BCUT2D eigenvalue weighted by molar-refractivity contribution is -0.135. The molecule has 192 valence electrons. The molecule has 1 saturated heterocycles. The lowest BCUT2D eigenvalue weighted by Crippen LogP contribution is -2.50. The van der Waals surface area contributed by atoms with Crippen LogP contribution in [0.3, 0.4) is 0 Å². The number of likely N-dealkylation sites (tertiary alicyclic amines) is 1. The summed E-state index contributed by atoms with van der Waals surface area (Å²) in [6, 6.07) is 13.4. The van der Waals surface area contributed by atoms with Crippen LogP contribution in [-0.4, -0.2) is 64.8 Å². The van der Waals surface area contributed by atoms with Gasteiger partial charge in [-0.15, -0.1) is 11.3 Å². The van der Waals surface area contributed by atoms with Crippen molar-refractivity contribution in [3.05, 3.63) is 58.3 Å². The van der Waals surface area contributed by atoms with Crippen molar-refractivity contribution < 1.29 is 14.4 Å². The zero-order chi connectivity index (χ0) is 25.1. The lowest BCUT2D eigenvalue weighted by atomic mass is 9.91. The highest BCUT2D eigenvalue weighted by molar-refractivity contribution is 7.12. The van der Waals surface area contributed by atoms with Gasteiger partial charge in [0.15, 0.2) is 0 Å². The van der Waals surface area contributed by atoms with Gasteiger partial charge in [0.05, 0.1) is 10.9 Å². The molecule has 2 aromatic rings. The van der Waals surface area contributed by atoms with Gasteiger partial charge in [0, 0.05) is 31.1 Å². The van der Waals surface area contributed by atoms with Gasteiger partial charge >= 0.3 is 0 Å². The van der Waals surface area contributed by atoms with Crippen molar-refractivity contribution >= 4 is 29.1 Å². The maximum atomic E-state index is 13.5. The molecule has 0 bridgehead atoms. The third kappa shape index (κ3) is 5.81. The number of carbonyl (C=O) groups excluding carboxylic acids is 3. The van der Waals surface area contributed by atoms with Crippen molar-refractivity contribution in [1.82, 2.24) is 15.1 Å². The van der Waals surface area contributed by atoms with E-state index in [1.165, 1.54) is 16.9 Å². The number of benzene rings is 1. The van der Waals surface area contributed by atoms with Crippen LogP contribution in [0.25, 0.3) is 0 Å². The summed E-state index contributed by atoms with van der Waals surface area (Å²) in [5.41, 5.74) is 7.22. The van der Waals surface area contributed by atoms with E-state index < -0.39 is 6.04 Å². The second kappa shape index (κ2) is 11.1. The molecule has 2 atom stereocenters. The van der Waals surface area contributed by atoms with Gasteiger partial charge in [0.2, 0.25) is 11.8 Å². The van der Waals surface area contributed by atoms with Gasteiger partial charge in [-0.2, -0.15) is 0 Å². The van der Waals surface area contributed by atoms with Gasteiger partial charge in [0.1, 0.15) is 6.04 Å². The lowest BCUT2D eigenvalue weighted by Gasteiger charge is -2.29. The van der Waals surface area contributed by atoms with Crippen LogP contribution >= 0.6 is 11.3 Å². The first-order chi connectivity index (χ1) is 17.5. The van der Waals surface area contributed by atoms with E-state index >= 15 is 0 Å². The van der Waals surface area contributed by atoms with Gasteiger partial charge in [-0.05, 0) is 68.4 Å². The number of rotatable bonds is 8. The Balaban J connectivity index is 1.34. The molecule has 0 radical (unpaired) electrons. The second-order valence-corrected chi connectivity index (χ2v) is 11.4. The molecule has 8 heteroatoms. The molecule has 3 fully saturated rings. The topological polar surface area (TPSA) is 95.7 Å². The summed E-state index contributed by atoms with van der Waals surface area (Å²) >= 11 is 1.39. The summed E-state index contributed by atoms with van der Waals surface area (Å²) in [6.07, 6.45) is 6.63. The molecule has 1 aliphatic heterocycles. The molecule has 3 aliphatic rings. The SMILES string of the molecule is NC1CCC(NC(=O)C2CC(N(CCc3ccccc3)C(=O)C3CC3)CN2C(=O)c2cccs2)CC1. The second-order valence-electron chi connectivity index (χ2n) is 10.5. The fourth-order valence-electron chi connectivity index (χ4n) is 5.55. The van der Waals surface area contributed by atoms with E-state index in [9.17, 15) is 14.4 Å². The fourth-order valence-corrected chi connectivity index (χ4v) is 6.23. The van der Waals surface area contributed by atoms with Gasteiger partial charge in [-0.25, -0.2) is 0 Å². The average Bonchev–Trinajstić information content (AvgIpc) is 3.41. The number of amides is 3. The summed E-state index contributed by atoms with van der Waals surface area (Å²) in [7, 11) is 0. The van der Waals surface area contributed by atoms with Crippen molar-refractivity contribution in [3.63, 3.8) is 0 Å². The summed E-state index contributed by atoms with van der Waals surface area (Å²) in [6.45, 7) is 0.984. The molecule has 1 aromatic heterocycles. The minimum Gasteiger partial charge on any atom is -0.352 e. The first kappa shape index (κ1) is 25.0. The van der Waals surface area contributed by atoms with Crippen LogP contribution in [0.5, 0.6) is 0 Å². The van der Waals surface area contributed by atoms with Crippen LogP contribution in [0.1, 0.15) is 60.2 Å². The fraction of sp³-hybridized carbons (Fsp3) is 0.536. The number of thiophene rings is 1. The summed E-state index contributed by atoms with van der Waals surface area (Å²) < 4.78 is 0. The van der Waals surface area contributed by atoms with Crippen LogP contribution in [0.15, 0.2) is 47.8 Å². The quantitative estimate of drug-likeness (QED) is 0.572. The standard InChI is InChI=1S/C28H36N4O3S/c29-21-10-12-22(13-11-21)30-26(33)24-17-23(18-32(24)28(35)25-7-4-16-36-25)31(27(34)20-8-9-20)15-14-19-5-2-1-3-6-19/h1-7,16,20-24H,8-15,17-18,29H2,(H,30,33). The Bertz CT molecular complexity index is 1050. The Labute approximate surface area is 217 Å². The van der Waals surface area contributed by atoms with Crippen molar-refractivity contribution in [1.29, 1.82) is 0 Å². The van der Waals surface area contributed by atoms with E-state index in [1.807, 2.05) is 34.5 Å². The Hall–Kier alpha value is -2.71. The van der Waals surface area contributed by atoms with Gasteiger partial charge < -0.3 is 20.9 Å². The van der Waals surface area contributed by atoms with Crippen molar-refractivity contribution in [2.24, 2.45) is 11.7 Å².